The molecule has 4 rings (SSSR count). The van der Waals surface area contributed by atoms with Crippen LogP contribution in [0.5, 0.6) is 17.2 Å². The quantitative estimate of drug-likeness (QED) is 0.633. The Labute approximate surface area is 182 Å². The second kappa shape index (κ2) is 9.37. The summed E-state index contributed by atoms with van der Waals surface area (Å²) in [6.45, 7) is 4.34. The number of aliphatic hydroxyl groups excluding tert-OH is 1. The molecule has 0 saturated heterocycles. The van der Waals surface area contributed by atoms with Gasteiger partial charge >= 0.3 is 0 Å². The summed E-state index contributed by atoms with van der Waals surface area (Å²) in [6.07, 6.45) is 1.74. The molecule has 162 valence electrons. The maximum atomic E-state index is 10.8. The second-order valence-corrected chi connectivity index (χ2v) is 7.90. The van der Waals surface area contributed by atoms with Crippen molar-refractivity contribution in [3.8, 4) is 17.2 Å². The molecule has 2 aromatic carbocycles. The first-order valence-electron chi connectivity index (χ1n) is 10.5. The van der Waals surface area contributed by atoms with Crippen molar-refractivity contribution in [2.45, 2.75) is 32.0 Å². The number of aliphatic hydroxyl groups is 1. The average molecular weight is 421 g/mol. The topological polar surface area (TPSA) is 75.1 Å². The van der Waals surface area contributed by atoms with Gasteiger partial charge in [0.2, 0.25) is 0 Å². The molecule has 0 bridgehead atoms. The van der Waals surface area contributed by atoms with Crippen molar-refractivity contribution in [2.75, 3.05) is 20.3 Å². The van der Waals surface area contributed by atoms with Crippen molar-refractivity contribution in [1.82, 2.24) is 9.88 Å². The van der Waals surface area contributed by atoms with Gasteiger partial charge in [-0.05, 0) is 60.9 Å². The van der Waals surface area contributed by atoms with E-state index in [-0.39, 0.29) is 11.8 Å². The van der Waals surface area contributed by atoms with Crippen LogP contribution < -0.4 is 9.47 Å². The monoisotopic (exact) mass is 420 g/mol. The van der Waals surface area contributed by atoms with Crippen LogP contribution in [0.3, 0.4) is 0 Å². The number of methoxy groups -OCH3 is 1. The lowest BCUT2D eigenvalue weighted by atomic mass is 10.0. The third-order valence-corrected chi connectivity index (χ3v) is 5.78. The number of fused-ring (bicyclic) bond motifs is 1. The molecule has 0 saturated carbocycles. The van der Waals surface area contributed by atoms with Gasteiger partial charge in [0.15, 0.2) is 11.5 Å². The molecule has 0 spiro atoms. The van der Waals surface area contributed by atoms with Crippen LogP contribution in [-0.2, 0) is 13.0 Å². The van der Waals surface area contributed by atoms with Crippen LogP contribution in [0.4, 0.5) is 0 Å². The van der Waals surface area contributed by atoms with E-state index in [9.17, 15) is 10.2 Å². The number of hydrogen-bond donors (Lipinski definition) is 2. The lowest BCUT2D eigenvalue weighted by Crippen LogP contribution is -2.35. The SMILES string of the molecule is COc1cc(CC(C)N2CCOc3ccc(C(O)c4ccccn4)cc3C2)ccc1O. The number of phenolic OH excluding ortho intramolecular Hbond substituents is 1. The highest BCUT2D eigenvalue weighted by Gasteiger charge is 2.22. The molecular weight excluding hydrogens is 392 g/mol. The minimum absolute atomic E-state index is 0.148. The van der Waals surface area contributed by atoms with E-state index in [1.54, 1.807) is 19.4 Å². The molecule has 0 radical (unpaired) electrons. The van der Waals surface area contributed by atoms with Crippen molar-refractivity contribution < 1.29 is 19.7 Å². The van der Waals surface area contributed by atoms with Crippen molar-refractivity contribution >= 4 is 0 Å². The van der Waals surface area contributed by atoms with Crippen LogP contribution in [0.2, 0.25) is 0 Å². The van der Waals surface area contributed by atoms with Gasteiger partial charge in [0.25, 0.3) is 0 Å². The van der Waals surface area contributed by atoms with E-state index in [1.807, 2.05) is 48.5 Å². The fourth-order valence-electron chi connectivity index (χ4n) is 4.01. The summed E-state index contributed by atoms with van der Waals surface area (Å²) in [6, 6.07) is 17.1. The van der Waals surface area contributed by atoms with Crippen molar-refractivity contribution in [1.29, 1.82) is 0 Å². The average Bonchev–Trinajstić information content (AvgIpc) is 3.02. The Morgan fingerprint density at radius 2 is 2.03 bits per heavy atom. The van der Waals surface area contributed by atoms with Gasteiger partial charge in [-0.1, -0.05) is 18.2 Å². The predicted octanol–water partition coefficient (Wildman–Crippen LogP) is 3.70. The normalized spacial score (nSPS) is 16.0. The maximum Gasteiger partial charge on any atom is 0.160 e. The van der Waals surface area contributed by atoms with Gasteiger partial charge in [0.1, 0.15) is 18.5 Å². The van der Waals surface area contributed by atoms with Crippen molar-refractivity contribution in [2.24, 2.45) is 0 Å². The highest BCUT2D eigenvalue weighted by Crippen LogP contribution is 2.31. The number of hydrogen-bond acceptors (Lipinski definition) is 6. The number of benzene rings is 2. The number of nitrogens with zero attached hydrogens (tertiary/aromatic N) is 2. The van der Waals surface area contributed by atoms with E-state index in [0.29, 0.717) is 18.1 Å². The Bertz CT molecular complexity index is 1030. The fourth-order valence-corrected chi connectivity index (χ4v) is 4.01. The Morgan fingerprint density at radius 1 is 1.16 bits per heavy atom. The van der Waals surface area contributed by atoms with Crippen molar-refractivity contribution in [3.05, 3.63) is 83.2 Å². The molecule has 3 aromatic rings. The van der Waals surface area contributed by atoms with Gasteiger partial charge < -0.3 is 19.7 Å². The van der Waals surface area contributed by atoms with E-state index in [0.717, 1.165) is 42.0 Å². The van der Waals surface area contributed by atoms with Gasteiger partial charge in [-0.25, -0.2) is 0 Å². The molecule has 6 nitrogen and oxygen atoms in total. The van der Waals surface area contributed by atoms with Gasteiger partial charge in [0, 0.05) is 30.9 Å². The highest BCUT2D eigenvalue weighted by atomic mass is 16.5. The van der Waals surface area contributed by atoms with E-state index >= 15 is 0 Å². The summed E-state index contributed by atoms with van der Waals surface area (Å²) < 4.78 is 11.2. The van der Waals surface area contributed by atoms with E-state index in [1.165, 1.54) is 0 Å². The lowest BCUT2D eigenvalue weighted by molar-refractivity contribution is 0.177. The van der Waals surface area contributed by atoms with E-state index in [2.05, 4.69) is 16.8 Å². The van der Waals surface area contributed by atoms with Gasteiger partial charge in [0.05, 0.1) is 12.8 Å². The molecule has 0 aliphatic carbocycles. The maximum absolute atomic E-state index is 10.8. The third kappa shape index (κ3) is 4.81. The summed E-state index contributed by atoms with van der Waals surface area (Å²) in [5.41, 5.74) is 3.59. The standard InChI is InChI=1S/C25H28N2O4/c1-17(13-18-6-8-22(28)24(14-18)30-2)27-11-12-31-23-9-7-19(15-20(23)16-27)25(29)21-5-3-4-10-26-21/h3-10,14-15,17,25,28-29H,11-13,16H2,1-2H3. The number of aromatic nitrogens is 1. The van der Waals surface area contributed by atoms with Crippen LogP contribution in [0.25, 0.3) is 0 Å². The number of ether oxygens (including phenoxy) is 2. The predicted molar refractivity (Wildman–Crippen MR) is 118 cm³/mol. The summed E-state index contributed by atoms with van der Waals surface area (Å²) in [5.74, 6) is 1.50. The Kier molecular flexibility index (Phi) is 6.39. The molecule has 2 heterocycles. The molecule has 31 heavy (non-hydrogen) atoms. The first kappa shape index (κ1) is 21.2. The summed E-state index contributed by atoms with van der Waals surface area (Å²) in [5, 5.41) is 20.6. The zero-order valence-corrected chi connectivity index (χ0v) is 17.9. The Morgan fingerprint density at radius 3 is 2.81 bits per heavy atom. The van der Waals surface area contributed by atoms with Gasteiger partial charge in [-0.3, -0.25) is 9.88 Å². The zero-order valence-electron chi connectivity index (χ0n) is 17.9. The zero-order chi connectivity index (χ0) is 21.8. The molecule has 2 atom stereocenters. The molecule has 2 unspecified atom stereocenters. The van der Waals surface area contributed by atoms with Crippen LogP contribution >= 0.6 is 0 Å². The number of rotatable bonds is 6. The molecule has 2 N–H and O–H groups in total. The summed E-state index contributed by atoms with van der Waals surface area (Å²) in [7, 11) is 1.56. The fraction of sp³-hybridized carbons (Fsp3) is 0.320. The van der Waals surface area contributed by atoms with Crippen LogP contribution in [0, 0.1) is 0 Å². The van der Waals surface area contributed by atoms with Crippen molar-refractivity contribution in [3.63, 3.8) is 0 Å². The molecule has 1 aliphatic rings. The van der Waals surface area contributed by atoms with Gasteiger partial charge in [-0.15, -0.1) is 0 Å². The molecule has 0 fully saturated rings. The minimum atomic E-state index is -0.773. The largest absolute Gasteiger partial charge is 0.504 e. The highest BCUT2D eigenvalue weighted by molar-refractivity contribution is 5.42. The smallest absolute Gasteiger partial charge is 0.160 e. The first-order chi connectivity index (χ1) is 15.0. The molecular formula is C25H28N2O4. The van der Waals surface area contributed by atoms with E-state index < -0.39 is 6.10 Å². The molecule has 1 aliphatic heterocycles. The minimum Gasteiger partial charge on any atom is -0.504 e. The lowest BCUT2D eigenvalue weighted by Gasteiger charge is -2.27. The van der Waals surface area contributed by atoms with E-state index in [4.69, 9.17) is 9.47 Å². The van der Waals surface area contributed by atoms with Crippen LogP contribution in [-0.4, -0.2) is 46.4 Å². The third-order valence-electron chi connectivity index (χ3n) is 5.78. The first-order valence-corrected chi connectivity index (χ1v) is 10.5. The van der Waals surface area contributed by atoms with Crippen LogP contribution in [0.15, 0.2) is 60.8 Å². The van der Waals surface area contributed by atoms with Crippen LogP contribution in [0.1, 0.15) is 35.4 Å². The summed E-state index contributed by atoms with van der Waals surface area (Å²) >= 11 is 0. The Balaban J connectivity index is 1.52. The number of phenols is 1. The van der Waals surface area contributed by atoms with Gasteiger partial charge in [-0.2, -0.15) is 0 Å². The molecule has 1 aromatic heterocycles. The number of pyridine rings is 1. The Hall–Kier alpha value is -3.09. The molecule has 6 heteroatoms. The summed E-state index contributed by atoms with van der Waals surface area (Å²) in [4.78, 5) is 6.65. The molecule has 0 amide bonds. The second-order valence-electron chi connectivity index (χ2n) is 7.90. The number of aromatic hydroxyl groups is 1.